The quantitative estimate of drug-likeness (QED) is 0.716. The molecule has 1 N–H and O–H groups in total. The molecule has 0 spiro atoms. The number of thiophene rings is 1. The maximum absolute atomic E-state index is 13.0. The maximum Gasteiger partial charge on any atom is 0.341 e. The van der Waals surface area contributed by atoms with Crippen LogP contribution in [-0.2, 0) is 16.0 Å². The zero-order chi connectivity index (χ0) is 19.4. The molecule has 1 aliphatic carbocycles. The molecule has 0 saturated heterocycles. The maximum atomic E-state index is 13.0. The molecule has 1 atom stereocenters. The van der Waals surface area contributed by atoms with Crippen molar-refractivity contribution in [3.8, 4) is 0 Å². The van der Waals surface area contributed by atoms with E-state index in [1.165, 1.54) is 11.3 Å². The molecule has 0 aliphatic heterocycles. The molecule has 142 valence electrons. The lowest BCUT2D eigenvalue weighted by molar-refractivity contribution is -0.115. The zero-order valence-electron chi connectivity index (χ0n) is 15.2. The van der Waals surface area contributed by atoms with Crippen molar-refractivity contribution in [3.05, 3.63) is 46.3 Å². The highest BCUT2D eigenvalue weighted by Gasteiger charge is 2.36. The van der Waals surface area contributed by atoms with Crippen molar-refractivity contribution in [2.45, 2.75) is 43.3 Å². The van der Waals surface area contributed by atoms with Crippen molar-refractivity contribution in [3.63, 3.8) is 0 Å². The highest BCUT2D eigenvalue weighted by molar-refractivity contribution is 8.00. The standard InChI is InChI=1S/C20H21NO4S2/c1-3-15(22)21-19-16(20(24)25-4-2)13-10-11-14(17(23)18(13)27-19)26-12-8-6-5-7-9-12/h5-9,14H,3-4,10-11H2,1-2H3,(H,21,22). The van der Waals surface area contributed by atoms with Crippen LogP contribution >= 0.6 is 23.1 Å². The number of benzene rings is 1. The van der Waals surface area contributed by atoms with Crippen LogP contribution in [0.4, 0.5) is 5.00 Å². The van der Waals surface area contributed by atoms with Crippen LogP contribution in [0.3, 0.4) is 0 Å². The molecule has 5 nitrogen and oxygen atoms in total. The average Bonchev–Trinajstić information content (AvgIpc) is 3.03. The Kier molecular flexibility index (Phi) is 6.34. The second-order valence-electron chi connectivity index (χ2n) is 6.06. The Morgan fingerprint density at radius 2 is 2.00 bits per heavy atom. The Hall–Kier alpha value is -2.12. The zero-order valence-corrected chi connectivity index (χ0v) is 16.9. The Morgan fingerprint density at radius 3 is 2.67 bits per heavy atom. The minimum Gasteiger partial charge on any atom is -0.462 e. The van der Waals surface area contributed by atoms with Crippen molar-refractivity contribution in [2.75, 3.05) is 11.9 Å². The smallest absolute Gasteiger partial charge is 0.341 e. The molecule has 3 rings (SSSR count). The van der Waals surface area contributed by atoms with Gasteiger partial charge in [-0.1, -0.05) is 25.1 Å². The highest BCUT2D eigenvalue weighted by atomic mass is 32.2. The van der Waals surface area contributed by atoms with Crippen LogP contribution in [0.25, 0.3) is 0 Å². The summed E-state index contributed by atoms with van der Waals surface area (Å²) in [4.78, 5) is 39.0. The Labute approximate surface area is 166 Å². The highest BCUT2D eigenvalue weighted by Crippen LogP contribution is 2.42. The fourth-order valence-electron chi connectivity index (χ4n) is 2.95. The monoisotopic (exact) mass is 403 g/mol. The minimum atomic E-state index is -0.483. The number of hydrogen-bond donors (Lipinski definition) is 1. The van der Waals surface area contributed by atoms with E-state index in [-0.39, 0.29) is 23.5 Å². The summed E-state index contributed by atoms with van der Waals surface area (Å²) in [5.41, 5.74) is 1.05. The van der Waals surface area contributed by atoms with E-state index in [1.54, 1.807) is 25.6 Å². The third-order valence-corrected chi connectivity index (χ3v) is 6.70. The number of amides is 1. The second-order valence-corrected chi connectivity index (χ2v) is 8.36. The summed E-state index contributed by atoms with van der Waals surface area (Å²) < 4.78 is 5.17. The summed E-state index contributed by atoms with van der Waals surface area (Å²) in [7, 11) is 0. The SMILES string of the molecule is CCOC(=O)c1c(NC(=O)CC)sc2c1CCC(Sc1ccccc1)C2=O. The van der Waals surface area contributed by atoms with E-state index in [4.69, 9.17) is 4.74 Å². The van der Waals surface area contributed by atoms with Gasteiger partial charge < -0.3 is 10.1 Å². The molecule has 1 heterocycles. The molecule has 2 aromatic rings. The van der Waals surface area contributed by atoms with E-state index >= 15 is 0 Å². The van der Waals surface area contributed by atoms with Gasteiger partial charge in [-0.15, -0.1) is 23.1 Å². The number of fused-ring (bicyclic) bond motifs is 1. The average molecular weight is 404 g/mol. The molecule has 0 saturated carbocycles. The number of thioether (sulfide) groups is 1. The molecule has 0 radical (unpaired) electrons. The summed E-state index contributed by atoms with van der Waals surface area (Å²) in [6.07, 6.45) is 1.55. The first kappa shape index (κ1) is 19.6. The molecule has 1 unspecified atom stereocenters. The first-order chi connectivity index (χ1) is 13.0. The van der Waals surface area contributed by atoms with Crippen LogP contribution in [0.15, 0.2) is 35.2 Å². The summed E-state index contributed by atoms with van der Waals surface area (Å²) in [5, 5.41) is 2.99. The lowest BCUT2D eigenvalue weighted by atomic mass is 9.94. The van der Waals surface area contributed by atoms with Gasteiger partial charge >= 0.3 is 5.97 Å². The lowest BCUT2D eigenvalue weighted by Gasteiger charge is -2.20. The van der Waals surface area contributed by atoms with Crippen LogP contribution in [0, 0.1) is 0 Å². The van der Waals surface area contributed by atoms with Crippen molar-refractivity contribution in [2.24, 2.45) is 0 Å². The van der Waals surface area contributed by atoms with Gasteiger partial charge in [-0.25, -0.2) is 4.79 Å². The first-order valence-electron chi connectivity index (χ1n) is 8.93. The molecule has 0 bridgehead atoms. The Morgan fingerprint density at radius 1 is 1.26 bits per heavy atom. The van der Waals surface area contributed by atoms with Crippen LogP contribution in [-0.4, -0.2) is 29.5 Å². The van der Waals surface area contributed by atoms with Crippen LogP contribution in [0.5, 0.6) is 0 Å². The third-order valence-electron chi connectivity index (χ3n) is 4.25. The normalized spacial score (nSPS) is 15.9. The molecular formula is C20H21NO4S2. The predicted octanol–water partition coefficient (Wildman–Crippen LogP) is 4.56. The van der Waals surface area contributed by atoms with Gasteiger partial charge in [0.05, 0.1) is 22.3 Å². The van der Waals surface area contributed by atoms with Gasteiger partial charge in [0.15, 0.2) is 5.78 Å². The van der Waals surface area contributed by atoms with Crippen LogP contribution in [0.2, 0.25) is 0 Å². The van der Waals surface area contributed by atoms with Gasteiger partial charge in [0.1, 0.15) is 5.00 Å². The summed E-state index contributed by atoms with van der Waals surface area (Å²) >= 11 is 2.73. The number of nitrogens with one attached hydrogen (secondary N) is 1. The molecule has 7 heteroatoms. The number of carbonyl (C=O) groups excluding carboxylic acids is 3. The van der Waals surface area contributed by atoms with E-state index < -0.39 is 5.97 Å². The van der Waals surface area contributed by atoms with Crippen molar-refractivity contribution in [1.29, 1.82) is 0 Å². The van der Waals surface area contributed by atoms with E-state index in [2.05, 4.69) is 5.32 Å². The van der Waals surface area contributed by atoms with E-state index in [0.29, 0.717) is 40.3 Å². The fraction of sp³-hybridized carbons (Fsp3) is 0.350. The number of rotatable bonds is 6. The molecule has 0 fully saturated rings. The largest absolute Gasteiger partial charge is 0.462 e. The Bertz CT molecular complexity index is 860. The van der Waals surface area contributed by atoms with Crippen molar-refractivity contribution >= 4 is 45.8 Å². The van der Waals surface area contributed by atoms with Crippen LogP contribution in [0.1, 0.15) is 52.3 Å². The topological polar surface area (TPSA) is 72.5 Å². The number of ether oxygens (including phenoxy) is 1. The number of anilines is 1. The van der Waals surface area contributed by atoms with Crippen molar-refractivity contribution < 1.29 is 19.1 Å². The number of esters is 1. The molecule has 1 amide bonds. The van der Waals surface area contributed by atoms with Gasteiger partial charge in [0, 0.05) is 11.3 Å². The van der Waals surface area contributed by atoms with Crippen LogP contribution < -0.4 is 5.32 Å². The fourth-order valence-corrected chi connectivity index (χ4v) is 5.38. The minimum absolute atomic E-state index is 0.0117. The molecule has 1 aromatic heterocycles. The third kappa shape index (κ3) is 4.25. The summed E-state index contributed by atoms with van der Waals surface area (Å²) in [5.74, 6) is -0.664. The lowest BCUT2D eigenvalue weighted by Crippen LogP contribution is -2.24. The van der Waals surface area contributed by atoms with Gasteiger partial charge in [0.2, 0.25) is 5.91 Å². The van der Waals surface area contributed by atoms with E-state index in [9.17, 15) is 14.4 Å². The first-order valence-corrected chi connectivity index (χ1v) is 10.6. The van der Waals surface area contributed by atoms with Gasteiger partial charge in [-0.2, -0.15) is 0 Å². The molecule has 27 heavy (non-hydrogen) atoms. The number of Topliss-reactive ketones (excluding diaryl/α,β-unsaturated/α-hetero) is 1. The van der Waals surface area contributed by atoms with Gasteiger partial charge in [-0.05, 0) is 37.5 Å². The summed E-state index contributed by atoms with van der Waals surface area (Å²) in [6, 6.07) is 9.81. The molecule has 1 aromatic carbocycles. The number of ketones is 1. The van der Waals surface area contributed by atoms with E-state index in [1.807, 2.05) is 30.3 Å². The predicted molar refractivity (Wildman–Crippen MR) is 108 cm³/mol. The van der Waals surface area contributed by atoms with E-state index in [0.717, 1.165) is 4.90 Å². The number of carbonyl (C=O) groups is 3. The van der Waals surface area contributed by atoms with Crippen molar-refractivity contribution in [1.82, 2.24) is 0 Å². The molecule has 1 aliphatic rings. The summed E-state index contributed by atoms with van der Waals surface area (Å²) in [6.45, 7) is 3.72. The Balaban J connectivity index is 1.93. The molecular weight excluding hydrogens is 382 g/mol. The second kappa shape index (κ2) is 8.71. The number of hydrogen-bond acceptors (Lipinski definition) is 6. The van der Waals surface area contributed by atoms with Gasteiger partial charge in [-0.3, -0.25) is 9.59 Å². The van der Waals surface area contributed by atoms with Gasteiger partial charge in [0.25, 0.3) is 0 Å².